The molecule has 0 aromatic heterocycles. The van der Waals surface area contributed by atoms with Gasteiger partial charge in [-0.2, -0.15) is 0 Å². The first-order valence-corrected chi connectivity index (χ1v) is 10.2. The minimum Gasteiger partial charge on any atom is -0.299 e. The Labute approximate surface area is 142 Å². The predicted molar refractivity (Wildman–Crippen MR) is 93.4 cm³/mol. The van der Waals surface area contributed by atoms with Gasteiger partial charge in [-0.05, 0) is 66.3 Å². The molecule has 22 heavy (non-hydrogen) atoms. The van der Waals surface area contributed by atoms with Gasteiger partial charge in [0.05, 0.1) is 4.90 Å². The van der Waals surface area contributed by atoms with E-state index < -0.39 is 10.0 Å². The van der Waals surface area contributed by atoms with Gasteiger partial charge in [-0.3, -0.25) is 4.90 Å². The highest BCUT2D eigenvalue weighted by Gasteiger charge is 2.25. The Hall–Kier alpha value is -0.430. The number of likely N-dealkylation sites (tertiary alicyclic amines) is 1. The van der Waals surface area contributed by atoms with Crippen molar-refractivity contribution in [2.45, 2.75) is 44.0 Å². The molecule has 0 spiro atoms. The van der Waals surface area contributed by atoms with Gasteiger partial charge in [0.2, 0.25) is 10.0 Å². The Morgan fingerprint density at radius 3 is 2.45 bits per heavy atom. The number of nitrogens with one attached hydrogen (secondary N) is 1. The maximum absolute atomic E-state index is 12.5. The number of nitrogens with zero attached hydrogens (tertiary/aromatic N) is 1. The van der Waals surface area contributed by atoms with Gasteiger partial charge in [-0.25, -0.2) is 13.1 Å². The number of rotatable bonds is 7. The van der Waals surface area contributed by atoms with Crippen LogP contribution in [-0.4, -0.2) is 39.0 Å². The molecule has 1 aliphatic heterocycles. The topological polar surface area (TPSA) is 49.4 Å². The van der Waals surface area contributed by atoms with E-state index in [9.17, 15) is 8.42 Å². The fourth-order valence-corrected chi connectivity index (χ4v) is 5.03. The van der Waals surface area contributed by atoms with Crippen molar-refractivity contribution in [2.24, 2.45) is 5.92 Å². The van der Waals surface area contributed by atoms with E-state index in [2.05, 4.69) is 39.4 Å². The first-order chi connectivity index (χ1) is 10.4. The summed E-state index contributed by atoms with van der Waals surface area (Å²) in [6.07, 6.45) is 3.44. The van der Waals surface area contributed by atoms with Gasteiger partial charge >= 0.3 is 0 Å². The molecule has 1 aliphatic rings. The van der Waals surface area contributed by atoms with Crippen LogP contribution in [0.15, 0.2) is 33.6 Å². The van der Waals surface area contributed by atoms with Crippen molar-refractivity contribution in [1.29, 1.82) is 0 Å². The van der Waals surface area contributed by atoms with E-state index in [4.69, 9.17) is 0 Å². The lowest BCUT2D eigenvalue weighted by molar-refractivity contribution is 0.214. The molecule has 1 saturated heterocycles. The molecule has 0 bridgehead atoms. The van der Waals surface area contributed by atoms with Crippen LogP contribution in [0.3, 0.4) is 0 Å². The molecule has 1 N–H and O–H groups in total. The number of sulfonamides is 1. The summed E-state index contributed by atoms with van der Waals surface area (Å²) in [5, 5.41) is 0. The van der Waals surface area contributed by atoms with Crippen LogP contribution in [0.5, 0.6) is 0 Å². The summed E-state index contributed by atoms with van der Waals surface area (Å²) in [5.74, 6) is 0.554. The molecule has 124 valence electrons. The quantitative estimate of drug-likeness (QED) is 0.779. The second-order valence-electron chi connectivity index (χ2n) is 6.31. The molecule has 0 aliphatic carbocycles. The SMILES string of the molecule is CC(C)C[C@@H](CNS(=O)(=O)c1ccccc1Br)N1CCCC1. The van der Waals surface area contributed by atoms with Gasteiger partial charge in [0.15, 0.2) is 0 Å². The van der Waals surface area contributed by atoms with Crippen LogP contribution in [0.25, 0.3) is 0 Å². The van der Waals surface area contributed by atoms with Crippen molar-refractivity contribution in [2.75, 3.05) is 19.6 Å². The average molecular weight is 389 g/mol. The van der Waals surface area contributed by atoms with Gasteiger partial charge in [-0.15, -0.1) is 0 Å². The van der Waals surface area contributed by atoms with Crippen molar-refractivity contribution >= 4 is 26.0 Å². The average Bonchev–Trinajstić information content (AvgIpc) is 2.97. The molecule has 1 fully saturated rings. The molecule has 0 saturated carbocycles. The van der Waals surface area contributed by atoms with Gasteiger partial charge in [-0.1, -0.05) is 26.0 Å². The molecule has 2 rings (SSSR count). The standard InChI is InChI=1S/C16H25BrN2O2S/c1-13(2)11-14(19-9-5-6-10-19)12-18-22(20,21)16-8-4-3-7-15(16)17/h3-4,7-8,13-14,18H,5-6,9-12H2,1-2H3/t14-/m0/s1. The Morgan fingerprint density at radius 2 is 1.86 bits per heavy atom. The summed E-state index contributed by atoms with van der Waals surface area (Å²) < 4.78 is 28.4. The van der Waals surface area contributed by atoms with Gasteiger partial charge in [0.1, 0.15) is 0 Å². The lowest BCUT2D eigenvalue weighted by atomic mass is 10.0. The molecule has 6 heteroatoms. The lowest BCUT2D eigenvalue weighted by Crippen LogP contribution is -2.43. The van der Waals surface area contributed by atoms with E-state index >= 15 is 0 Å². The van der Waals surface area contributed by atoms with E-state index in [0.29, 0.717) is 21.8 Å². The van der Waals surface area contributed by atoms with Gasteiger partial charge in [0.25, 0.3) is 0 Å². The van der Waals surface area contributed by atoms with Crippen molar-refractivity contribution in [3.05, 3.63) is 28.7 Å². The van der Waals surface area contributed by atoms with Crippen molar-refractivity contribution in [3.8, 4) is 0 Å². The van der Waals surface area contributed by atoms with E-state index in [1.54, 1.807) is 18.2 Å². The van der Waals surface area contributed by atoms with Crippen LogP contribution in [0, 0.1) is 5.92 Å². The van der Waals surface area contributed by atoms with Crippen LogP contribution in [0.1, 0.15) is 33.1 Å². The predicted octanol–water partition coefficient (Wildman–Crippen LogP) is 3.24. The monoisotopic (exact) mass is 388 g/mol. The van der Waals surface area contributed by atoms with Crippen molar-refractivity contribution in [3.63, 3.8) is 0 Å². The summed E-state index contributed by atoms with van der Waals surface area (Å²) in [6.45, 7) is 7.00. The van der Waals surface area contributed by atoms with Crippen LogP contribution in [-0.2, 0) is 10.0 Å². The Morgan fingerprint density at radius 1 is 1.23 bits per heavy atom. The summed E-state index contributed by atoms with van der Waals surface area (Å²) in [5.41, 5.74) is 0. The van der Waals surface area contributed by atoms with Crippen LogP contribution in [0.4, 0.5) is 0 Å². The second kappa shape index (κ2) is 7.90. The lowest BCUT2D eigenvalue weighted by Gasteiger charge is -2.29. The van der Waals surface area contributed by atoms with Crippen molar-refractivity contribution in [1.82, 2.24) is 9.62 Å². The normalized spacial score (nSPS) is 18.0. The largest absolute Gasteiger partial charge is 0.299 e. The first-order valence-electron chi connectivity index (χ1n) is 7.88. The van der Waals surface area contributed by atoms with Crippen LogP contribution in [0.2, 0.25) is 0 Å². The highest BCUT2D eigenvalue weighted by molar-refractivity contribution is 9.10. The first kappa shape index (κ1) is 17.9. The second-order valence-corrected chi connectivity index (χ2v) is 8.90. The Kier molecular flexibility index (Phi) is 6.44. The molecular weight excluding hydrogens is 364 g/mol. The molecular formula is C16H25BrN2O2S. The maximum Gasteiger partial charge on any atom is 0.241 e. The summed E-state index contributed by atoms with van der Waals surface area (Å²) in [4.78, 5) is 2.72. The zero-order valence-electron chi connectivity index (χ0n) is 13.3. The third kappa shape index (κ3) is 4.78. The van der Waals surface area contributed by atoms with Gasteiger partial charge < -0.3 is 0 Å². The van der Waals surface area contributed by atoms with E-state index in [0.717, 1.165) is 19.5 Å². The third-order valence-corrected chi connectivity index (χ3v) is 6.47. The Balaban J connectivity index is 2.06. The number of hydrogen-bond acceptors (Lipinski definition) is 3. The summed E-state index contributed by atoms with van der Waals surface area (Å²) in [7, 11) is -3.47. The minimum absolute atomic E-state index is 0.278. The zero-order chi connectivity index (χ0) is 16.2. The summed E-state index contributed by atoms with van der Waals surface area (Å²) in [6, 6.07) is 7.21. The van der Waals surface area contributed by atoms with Crippen LogP contribution >= 0.6 is 15.9 Å². The molecule has 0 unspecified atom stereocenters. The Bertz CT molecular complexity index is 584. The molecule has 1 heterocycles. The van der Waals surface area contributed by atoms with E-state index in [1.807, 2.05) is 6.07 Å². The van der Waals surface area contributed by atoms with E-state index in [1.165, 1.54) is 12.8 Å². The number of halogens is 1. The maximum atomic E-state index is 12.5. The van der Waals surface area contributed by atoms with Gasteiger partial charge in [0, 0.05) is 17.1 Å². The minimum atomic E-state index is -3.47. The fraction of sp³-hybridized carbons (Fsp3) is 0.625. The van der Waals surface area contributed by atoms with Crippen molar-refractivity contribution < 1.29 is 8.42 Å². The molecule has 1 atom stereocenters. The fourth-order valence-electron chi connectivity index (χ4n) is 2.96. The molecule has 0 amide bonds. The molecule has 4 nitrogen and oxygen atoms in total. The third-order valence-electron chi connectivity index (χ3n) is 4.04. The molecule has 1 aromatic carbocycles. The van der Waals surface area contributed by atoms with E-state index in [-0.39, 0.29) is 6.04 Å². The highest BCUT2D eigenvalue weighted by Crippen LogP contribution is 2.22. The molecule has 0 radical (unpaired) electrons. The summed E-state index contributed by atoms with van der Waals surface area (Å²) >= 11 is 3.32. The molecule has 1 aromatic rings. The number of benzene rings is 1. The number of hydrogen-bond donors (Lipinski definition) is 1. The zero-order valence-corrected chi connectivity index (χ0v) is 15.7. The highest BCUT2D eigenvalue weighted by atomic mass is 79.9. The smallest absolute Gasteiger partial charge is 0.241 e. The van der Waals surface area contributed by atoms with Crippen LogP contribution < -0.4 is 4.72 Å².